The lowest BCUT2D eigenvalue weighted by Crippen LogP contribution is -2.52. The molecule has 0 spiro atoms. The minimum Gasteiger partial charge on any atom is -0.337 e. The summed E-state index contributed by atoms with van der Waals surface area (Å²) in [7, 11) is -3.58. The summed E-state index contributed by atoms with van der Waals surface area (Å²) < 4.78 is 26.6. The lowest BCUT2D eigenvalue weighted by Gasteiger charge is -2.33. The first-order valence-electron chi connectivity index (χ1n) is 7.79. The monoisotopic (exact) mass is 322 g/mol. The Morgan fingerprint density at radius 2 is 1.73 bits per heavy atom. The molecule has 1 aromatic rings. The predicted molar refractivity (Wildman–Crippen MR) is 84.0 cm³/mol. The third-order valence-corrected chi connectivity index (χ3v) is 6.25. The molecule has 22 heavy (non-hydrogen) atoms. The van der Waals surface area contributed by atoms with Crippen LogP contribution in [0.4, 0.5) is 0 Å². The van der Waals surface area contributed by atoms with Crippen LogP contribution in [-0.2, 0) is 14.8 Å². The van der Waals surface area contributed by atoms with Gasteiger partial charge in [-0.2, -0.15) is 4.31 Å². The van der Waals surface area contributed by atoms with Gasteiger partial charge in [-0.3, -0.25) is 4.79 Å². The maximum Gasteiger partial charge on any atom is 0.243 e. The summed E-state index contributed by atoms with van der Waals surface area (Å²) in [6, 6.07) is 7.33. The summed E-state index contributed by atoms with van der Waals surface area (Å²) in [5.41, 5.74) is 1.11. The molecule has 3 rings (SSSR count). The molecule has 0 N–H and O–H groups in total. The first kappa shape index (κ1) is 15.5. The van der Waals surface area contributed by atoms with Gasteiger partial charge in [-0.05, 0) is 36.5 Å². The highest BCUT2D eigenvalue weighted by molar-refractivity contribution is 7.89. The Labute approximate surface area is 132 Å². The van der Waals surface area contributed by atoms with Crippen LogP contribution in [-0.4, -0.2) is 49.2 Å². The van der Waals surface area contributed by atoms with E-state index in [1.807, 2.05) is 17.0 Å². The summed E-state index contributed by atoms with van der Waals surface area (Å²) in [4.78, 5) is 14.2. The van der Waals surface area contributed by atoms with Crippen LogP contribution < -0.4 is 0 Å². The molecule has 0 atom stereocenters. The molecule has 0 bridgehead atoms. The topological polar surface area (TPSA) is 57.7 Å². The van der Waals surface area contributed by atoms with Crippen molar-refractivity contribution in [3.8, 4) is 0 Å². The van der Waals surface area contributed by atoms with E-state index < -0.39 is 10.0 Å². The van der Waals surface area contributed by atoms with E-state index in [2.05, 4.69) is 13.8 Å². The number of carbonyl (C=O) groups is 1. The second-order valence-corrected chi connectivity index (χ2v) is 8.32. The van der Waals surface area contributed by atoms with E-state index in [4.69, 9.17) is 0 Å². The molecule has 0 aromatic heterocycles. The molecule has 0 unspecified atom stereocenters. The Bertz CT molecular complexity index is 663. The van der Waals surface area contributed by atoms with Crippen molar-refractivity contribution in [1.29, 1.82) is 0 Å². The fourth-order valence-electron chi connectivity index (χ4n) is 2.82. The second kappa shape index (κ2) is 5.66. The Balaban J connectivity index is 1.76. The SMILES string of the molecule is CC(C)c1ccc(S(=O)(=O)N2CCN(C3CC3)C(=O)C2)cc1. The molecule has 1 aliphatic carbocycles. The molecule has 0 radical (unpaired) electrons. The van der Waals surface area contributed by atoms with Crippen LogP contribution in [0, 0.1) is 0 Å². The van der Waals surface area contributed by atoms with Crippen LogP contribution in [0.15, 0.2) is 29.2 Å². The van der Waals surface area contributed by atoms with Crippen molar-refractivity contribution in [2.45, 2.75) is 43.5 Å². The molecule has 120 valence electrons. The van der Waals surface area contributed by atoms with E-state index >= 15 is 0 Å². The lowest BCUT2D eigenvalue weighted by molar-refractivity contribution is -0.134. The zero-order chi connectivity index (χ0) is 15.9. The standard InChI is InChI=1S/C16H22N2O3S/c1-12(2)13-3-7-15(8-4-13)22(20,21)17-9-10-18(14-5-6-14)16(19)11-17/h3-4,7-8,12,14H,5-6,9-11H2,1-2H3. The van der Waals surface area contributed by atoms with Crippen LogP contribution in [0.3, 0.4) is 0 Å². The number of hydrogen-bond acceptors (Lipinski definition) is 3. The van der Waals surface area contributed by atoms with Crippen molar-refractivity contribution >= 4 is 15.9 Å². The third kappa shape index (κ3) is 2.90. The van der Waals surface area contributed by atoms with E-state index in [-0.39, 0.29) is 17.3 Å². The fourth-order valence-corrected chi connectivity index (χ4v) is 4.20. The average Bonchev–Trinajstić information content (AvgIpc) is 3.31. The average molecular weight is 322 g/mol. The summed E-state index contributed by atoms with van der Waals surface area (Å²) in [6.45, 7) is 4.99. The van der Waals surface area contributed by atoms with E-state index in [0.717, 1.165) is 18.4 Å². The number of nitrogens with zero attached hydrogens (tertiary/aromatic N) is 2. The van der Waals surface area contributed by atoms with Crippen LogP contribution >= 0.6 is 0 Å². The van der Waals surface area contributed by atoms with Gasteiger partial charge in [0, 0.05) is 19.1 Å². The molecule has 1 amide bonds. The van der Waals surface area contributed by atoms with Gasteiger partial charge in [0.15, 0.2) is 0 Å². The number of benzene rings is 1. The minimum atomic E-state index is -3.58. The van der Waals surface area contributed by atoms with Crippen LogP contribution in [0.5, 0.6) is 0 Å². The first-order valence-corrected chi connectivity index (χ1v) is 9.23. The minimum absolute atomic E-state index is 0.0369. The Hall–Kier alpha value is -1.40. The van der Waals surface area contributed by atoms with Gasteiger partial charge in [0.1, 0.15) is 0 Å². The smallest absolute Gasteiger partial charge is 0.243 e. The quantitative estimate of drug-likeness (QED) is 0.849. The van der Waals surface area contributed by atoms with Crippen molar-refractivity contribution in [2.24, 2.45) is 0 Å². The van der Waals surface area contributed by atoms with Gasteiger partial charge in [-0.15, -0.1) is 0 Å². The van der Waals surface area contributed by atoms with Crippen LogP contribution in [0.25, 0.3) is 0 Å². The molecule has 6 heteroatoms. The van der Waals surface area contributed by atoms with Crippen molar-refractivity contribution < 1.29 is 13.2 Å². The van der Waals surface area contributed by atoms with Gasteiger partial charge < -0.3 is 4.90 Å². The van der Waals surface area contributed by atoms with Crippen LogP contribution in [0.2, 0.25) is 0 Å². The van der Waals surface area contributed by atoms with Gasteiger partial charge >= 0.3 is 0 Å². The van der Waals surface area contributed by atoms with Gasteiger partial charge in [0.2, 0.25) is 15.9 Å². The number of piperazine rings is 1. The maximum absolute atomic E-state index is 12.7. The normalized spacial score (nSPS) is 20.7. The number of rotatable bonds is 4. The van der Waals surface area contributed by atoms with Gasteiger partial charge in [0.25, 0.3) is 0 Å². The molecule has 1 aromatic carbocycles. The van der Waals surface area contributed by atoms with Gasteiger partial charge in [-0.1, -0.05) is 26.0 Å². The maximum atomic E-state index is 12.7. The molecule has 1 heterocycles. The number of carbonyl (C=O) groups excluding carboxylic acids is 1. The summed E-state index contributed by atoms with van der Waals surface area (Å²) in [5.74, 6) is 0.288. The zero-order valence-corrected chi connectivity index (χ0v) is 13.8. The molecule has 1 aliphatic heterocycles. The predicted octanol–water partition coefficient (Wildman–Crippen LogP) is 1.81. The molecular formula is C16H22N2O3S. The highest BCUT2D eigenvalue weighted by atomic mass is 32.2. The van der Waals surface area contributed by atoms with Gasteiger partial charge in [-0.25, -0.2) is 8.42 Å². The fraction of sp³-hybridized carbons (Fsp3) is 0.562. The van der Waals surface area contributed by atoms with Crippen LogP contribution in [0.1, 0.15) is 38.2 Å². The lowest BCUT2D eigenvalue weighted by atomic mass is 10.0. The number of sulfonamides is 1. The molecule has 2 aliphatic rings. The van der Waals surface area contributed by atoms with E-state index in [9.17, 15) is 13.2 Å². The molecule has 1 saturated carbocycles. The molecular weight excluding hydrogens is 300 g/mol. The van der Waals surface area contributed by atoms with Crippen molar-refractivity contribution in [1.82, 2.24) is 9.21 Å². The summed E-state index contributed by atoms with van der Waals surface area (Å²) >= 11 is 0. The third-order valence-electron chi connectivity index (χ3n) is 4.39. The van der Waals surface area contributed by atoms with Crippen molar-refractivity contribution in [2.75, 3.05) is 19.6 Å². The summed E-state index contributed by atoms with van der Waals surface area (Å²) in [5, 5.41) is 0. The number of amides is 1. The zero-order valence-electron chi connectivity index (χ0n) is 13.0. The van der Waals surface area contributed by atoms with E-state index in [1.165, 1.54) is 4.31 Å². The first-order chi connectivity index (χ1) is 10.4. The Kier molecular flexibility index (Phi) is 3.99. The largest absolute Gasteiger partial charge is 0.337 e. The molecule has 5 nitrogen and oxygen atoms in total. The van der Waals surface area contributed by atoms with E-state index in [0.29, 0.717) is 25.0 Å². The van der Waals surface area contributed by atoms with E-state index in [1.54, 1.807) is 12.1 Å². The van der Waals surface area contributed by atoms with Gasteiger partial charge in [0.05, 0.1) is 11.4 Å². The molecule has 1 saturated heterocycles. The highest BCUT2D eigenvalue weighted by Crippen LogP contribution is 2.29. The highest BCUT2D eigenvalue weighted by Gasteiger charge is 2.39. The van der Waals surface area contributed by atoms with Crippen molar-refractivity contribution in [3.05, 3.63) is 29.8 Å². The second-order valence-electron chi connectivity index (χ2n) is 6.38. The Morgan fingerprint density at radius 1 is 1.09 bits per heavy atom. The Morgan fingerprint density at radius 3 is 2.23 bits per heavy atom. The number of hydrogen-bond donors (Lipinski definition) is 0. The molecule has 2 fully saturated rings. The summed E-state index contributed by atoms with van der Waals surface area (Å²) in [6.07, 6.45) is 2.10. The van der Waals surface area contributed by atoms with Crippen molar-refractivity contribution in [3.63, 3.8) is 0 Å².